The monoisotopic (exact) mass is 489 g/mol. The number of ketones is 1. The van der Waals surface area contributed by atoms with Crippen molar-refractivity contribution >= 4 is 11.9 Å². The summed E-state index contributed by atoms with van der Waals surface area (Å²) in [5.41, 5.74) is 1.71. The number of allylic oxidation sites excluding steroid dienone is 1. The lowest BCUT2D eigenvalue weighted by Gasteiger charge is -2.60. The highest BCUT2D eigenvalue weighted by atomic mass is 19.1. The molecule has 6 unspecified atom stereocenters. The molecular formula is C29H32FN3O3. The van der Waals surface area contributed by atoms with Crippen molar-refractivity contribution in [2.24, 2.45) is 28.6 Å². The highest BCUT2D eigenvalue weighted by molar-refractivity contribution is 5.90. The molecule has 0 spiro atoms. The van der Waals surface area contributed by atoms with E-state index in [1.54, 1.807) is 12.1 Å². The normalized spacial score (nSPS) is 38.7. The van der Waals surface area contributed by atoms with Crippen LogP contribution in [0.2, 0.25) is 0 Å². The van der Waals surface area contributed by atoms with Crippen molar-refractivity contribution in [2.45, 2.75) is 70.5 Å². The molecule has 6 rings (SSSR count). The molecule has 0 amide bonds. The number of aromatic nitrogens is 2. The highest BCUT2D eigenvalue weighted by Gasteiger charge is 2.68. The topological polar surface area (TPSA) is 99.1 Å². The van der Waals surface area contributed by atoms with Crippen molar-refractivity contribution in [3.63, 3.8) is 0 Å². The van der Waals surface area contributed by atoms with E-state index in [2.05, 4.69) is 18.1 Å². The lowest BCUT2D eigenvalue weighted by Crippen LogP contribution is -2.61. The van der Waals surface area contributed by atoms with Crippen LogP contribution in [0.25, 0.3) is 11.8 Å². The van der Waals surface area contributed by atoms with Crippen molar-refractivity contribution in [1.29, 1.82) is 5.26 Å². The standard InChI is InChI=1S/C29H32FN3O3/c1-27-14-17-16-32-33(20-6-4-19(30)5-7-20)23(17)13-18(27)3-8-21-22-9-11-29(36,25(35)10-12-31)28(22,2)15-24(34)26(21)27/h4-7,13,16,21-22,24,26,34,36H,3,8-11,14-15H2,1-2H3/t21?,22?,24?,26?,27?,28?,29-/m0/s1. The Hall–Kier alpha value is -2.82. The second-order valence-electron chi connectivity index (χ2n) is 11.9. The molecule has 36 heavy (non-hydrogen) atoms. The zero-order valence-electron chi connectivity index (χ0n) is 20.7. The van der Waals surface area contributed by atoms with Gasteiger partial charge in [0, 0.05) is 5.41 Å². The van der Waals surface area contributed by atoms with E-state index in [0.717, 1.165) is 42.6 Å². The number of hydrogen-bond donors (Lipinski definition) is 2. The van der Waals surface area contributed by atoms with Crippen LogP contribution in [0.4, 0.5) is 4.39 Å². The quantitative estimate of drug-likeness (QED) is 0.667. The molecule has 2 N–H and O–H groups in total. The number of carbonyl (C=O) groups excluding carboxylic acids is 1. The van der Waals surface area contributed by atoms with E-state index in [9.17, 15) is 19.4 Å². The van der Waals surface area contributed by atoms with Crippen LogP contribution in [0.5, 0.6) is 0 Å². The Bertz CT molecular complexity index is 1310. The van der Waals surface area contributed by atoms with Gasteiger partial charge in [-0.05, 0) is 97.6 Å². The molecule has 3 fully saturated rings. The molecule has 7 heteroatoms. The average molecular weight is 490 g/mol. The molecule has 6 nitrogen and oxygen atoms in total. The second kappa shape index (κ2) is 7.84. The number of carbonyl (C=O) groups is 1. The summed E-state index contributed by atoms with van der Waals surface area (Å²) < 4.78 is 15.3. The number of hydrogen-bond acceptors (Lipinski definition) is 5. The maximum atomic E-state index is 13.5. The van der Waals surface area contributed by atoms with Gasteiger partial charge in [-0.1, -0.05) is 19.4 Å². The molecule has 0 aliphatic heterocycles. The van der Waals surface area contributed by atoms with Crippen LogP contribution in [0.1, 0.15) is 63.6 Å². The van der Waals surface area contributed by atoms with E-state index >= 15 is 0 Å². The van der Waals surface area contributed by atoms with E-state index < -0.39 is 22.9 Å². The van der Waals surface area contributed by atoms with Gasteiger partial charge < -0.3 is 10.2 Å². The lowest BCUT2D eigenvalue weighted by molar-refractivity contribution is -0.178. The summed E-state index contributed by atoms with van der Waals surface area (Å²) in [5, 5.41) is 36.9. The van der Waals surface area contributed by atoms with Gasteiger partial charge >= 0.3 is 0 Å². The minimum Gasteiger partial charge on any atom is -0.393 e. The van der Waals surface area contributed by atoms with E-state index in [0.29, 0.717) is 12.8 Å². The summed E-state index contributed by atoms with van der Waals surface area (Å²) in [7, 11) is 0. The number of nitrogens with zero attached hydrogens (tertiary/aromatic N) is 3. The minimum absolute atomic E-state index is 0.0197. The van der Waals surface area contributed by atoms with Crippen molar-refractivity contribution in [1.82, 2.24) is 9.78 Å². The first-order valence-corrected chi connectivity index (χ1v) is 13.0. The summed E-state index contributed by atoms with van der Waals surface area (Å²) in [5.74, 6) is -0.348. The number of halogens is 1. The van der Waals surface area contributed by atoms with Gasteiger partial charge in [-0.3, -0.25) is 4.79 Å². The lowest BCUT2D eigenvalue weighted by atomic mass is 9.45. The minimum atomic E-state index is -1.55. The van der Waals surface area contributed by atoms with Gasteiger partial charge in [-0.15, -0.1) is 0 Å². The van der Waals surface area contributed by atoms with Gasteiger partial charge in [0.15, 0.2) is 5.78 Å². The molecule has 1 aromatic heterocycles. The fourth-order valence-electron chi connectivity index (χ4n) is 8.65. The number of benzene rings is 1. The first kappa shape index (κ1) is 23.6. The number of rotatable bonds is 3. The summed E-state index contributed by atoms with van der Waals surface area (Å²) in [6.07, 6.45) is 7.14. The summed E-state index contributed by atoms with van der Waals surface area (Å²) in [6, 6.07) is 8.25. The Balaban J connectivity index is 1.36. The van der Waals surface area contributed by atoms with E-state index in [1.165, 1.54) is 17.7 Å². The summed E-state index contributed by atoms with van der Waals surface area (Å²) in [6.45, 7) is 4.21. The van der Waals surface area contributed by atoms with Gasteiger partial charge in [0.05, 0.1) is 36.2 Å². The molecule has 0 saturated heterocycles. The first-order valence-electron chi connectivity index (χ1n) is 13.0. The van der Waals surface area contributed by atoms with Gasteiger partial charge in [0.25, 0.3) is 0 Å². The summed E-state index contributed by atoms with van der Waals surface area (Å²) >= 11 is 0. The molecule has 4 aliphatic rings. The molecule has 0 radical (unpaired) electrons. The van der Waals surface area contributed by atoms with E-state index in [4.69, 9.17) is 5.26 Å². The predicted molar refractivity (Wildman–Crippen MR) is 131 cm³/mol. The SMILES string of the molecule is CC12Cc3cnn(-c4ccc(F)cc4)c3C=C1CCC1C2C(O)CC2(C)C1CC[C@]2(O)C(=O)CC#N. The summed E-state index contributed by atoms with van der Waals surface area (Å²) in [4.78, 5) is 12.9. The van der Waals surface area contributed by atoms with E-state index in [1.807, 2.05) is 23.9 Å². The van der Waals surface area contributed by atoms with Crippen LogP contribution in [0.3, 0.4) is 0 Å². The molecular weight excluding hydrogens is 457 g/mol. The number of aliphatic hydroxyl groups excluding tert-OH is 1. The van der Waals surface area contributed by atoms with Gasteiger partial charge in [-0.2, -0.15) is 10.4 Å². The average Bonchev–Trinajstić information content (AvgIpc) is 3.35. The predicted octanol–water partition coefficient (Wildman–Crippen LogP) is 4.38. The van der Waals surface area contributed by atoms with Crippen molar-refractivity contribution in [3.8, 4) is 11.8 Å². The van der Waals surface area contributed by atoms with Crippen molar-refractivity contribution in [3.05, 3.63) is 53.1 Å². The van der Waals surface area contributed by atoms with Crippen LogP contribution < -0.4 is 0 Å². The third-order valence-corrected chi connectivity index (χ3v) is 10.3. The maximum absolute atomic E-state index is 13.5. The maximum Gasteiger partial charge on any atom is 0.178 e. The van der Waals surface area contributed by atoms with Crippen molar-refractivity contribution in [2.75, 3.05) is 0 Å². The third kappa shape index (κ3) is 3.01. The molecule has 4 aliphatic carbocycles. The van der Waals surface area contributed by atoms with Crippen molar-refractivity contribution < 1.29 is 19.4 Å². The second-order valence-corrected chi connectivity index (χ2v) is 11.9. The molecule has 2 aromatic rings. The van der Waals surface area contributed by atoms with Crippen LogP contribution in [-0.4, -0.2) is 37.5 Å². The smallest absolute Gasteiger partial charge is 0.178 e. The largest absolute Gasteiger partial charge is 0.393 e. The highest BCUT2D eigenvalue weighted by Crippen LogP contribution is 2.67. The molecule has 7 atom stereocenters. The molecule has 1 heterocycles. The molecule has 1 aromatic carbocycles. The van der Waals surface area contributed by atoms with E-state index in [-0.39, 0.29) is 35.4 Å². The Morgan fingerprint density at radius 3 is 2.75 bits per heavy atom. The van der Waals surface area contributed by atoms with Crippen LogP contribution in [-0.2, 0) is 11.2 Å². The van der Waals surface area contributed by atoms with Crippen LogP contribution in [0, 0.1) is 45.7 Å². The Kier molecular flexibility index (Phi) is 5.13. The first-order chi connectivity index (χ1) is 17.1. The van der Waals surface area contributed by atoms with Crippen LogP contribution >= 0.6 is 0 Å². The zero-order valence-corrected chi connectivity index (χ0v) is 20.7. The Morgan fingerprint density at radius 2 is 2.03 bits per heavy atom. The molecule has 0 bridgehead atoms. The number of Topliss-reactive ketones (excluding diaryl/α,β-unsaturated/α-hetero) is 1. The number of fused-ring (bicyclic) bond motifs is 6. The van der Waals surface area contributed by atoms with Gasteiger partial charge in [-0.25, -0.2) is 9.07 Å². The molecule has 3 saturated carbocycles. The van der Waals surface area contributed by atoms with Crippen LogP contribution in [0.15, 0.2) is 36.0 Å². The van der Waals surface area contributed by atoms with Gasteiger partial charge in [0.2, 0.25) is 0 Å². The third-order valence-electron chi connectivity index (χ3n) is 10.3. The number of aliphatic hydroxyl groups is 2. The Morgan fingerprint density at radius 1 is 1.28 bits per heavy atom. The fourth-order valence-corrected chi connectivity index (χ4v) is 8.65. The number of nitriles is 1. The Labute approximate surface area is 210 Å². The zero-order chi connectivity index (χ0) is 25.5. The fraction of sp³-hybridized carbons (Fsp3) is 0.552. The molecule has 188 valence electrons. The van der Waals surface area contributed by atoms with Gasteiger partial charge in [0.1, 0.15) is 11.4 Å².